The molecule has 1 aromatic carbocycles. The zero-order valence-corrected chi connectivity index (χ0v) is 14.8. The van der Waals surface area contributed by atoms with E-state index < -0.39 is 0 Å². The van der Waals surface area contributed by atoms with Crippen LogP contribution in [0.15, 0.2) is 54.9 Å². The monoisotopic (exact) mass is 362 g/mol. The van der Waals surface area contributed by atoms with Gasteiger partial charge in [-0.1, -0.05) is 12.1 Å². The van der Waals surface area contributed by atoms with Gasteiger partial charge in [-0.2, -0.15) is 0 Å². The van der Waals surface area contributed by atoms with E-state index >= 15 is 0 Å². The first-order valence-corrected chi connectivity index (χ1v) is 8.66. The Morgan fingerprint density at radius 3 is 2.44 bits per heavy atom. The van der Waals surface area contributed by atoms with Crippen molar-refractivity contribution >= 4 is 22.7 Å². The Morgan fingerprint density at radius 1 is 1.00 bits per heavy atom. The maximum absolute atomic E-state index is 13.1. The molecule has 0 radical (unpaired) electrons. The molecule has 1 aliphatic rings. The summed E-state index contributed by atoms with van der Waals surface area (Å²) >= 11 is 0. The summed E-state index contributed by atoms with van der Waals surface area (Å²) in [7, 11) is 1.56. The van der Waals surface area contributed by atoms with E-state index in [0.717, 1.165) is 5.39 Å². The first kappa shape index (κ1) is 17.0. The molecule has 0 atom stereocenters. The molecule has 1 aliphatic heterocycles. The van der Waals surface area contributed by atoms with Crippen LogP contribution in [0.3, 0.4) is 0 Å². The van der Waals surface area contributed by atoms with Gasteiger partial charge in [-0.3, -0.25) is 14.6 Å². The molecule has 4 rings (SSSR count). The fourth-order valence-corrected chi connectivity index (χ4v) is 3.23. The normalized spacial score (nSPS) is 13.8. The highest BCUT2D eigenvalue weighted by molar-refractivity contribution is 6.00. The lowest BCUT2D eigenvalue weighted by Crippen LogP contribution is -2.45. The Bertz CT molecular complexity index is 1010. The van der Waals surface area contributed by atoms with Crippen LogP contribution in [0.2, 0.25) is 0 Å². The van der Waals surface area contributed by atoms with E-state index in [4.69, 9.17) is 4.74 Å². The number of methoxy groups -OCH3 is 1. The Hall–Kier alpha value is -3.48. The molecule has 3 heterocycles. The van der Waals surface area contributed by atoms with Gasteiger partial charge in [-0.15, -0.1) is 0 Å². The number of benzene rings is 1. The molecule has 0 unspecified atom stereocenters. The van der Waals surface area contributed by atoms with Crippen molar-refractivity contribution in [3.05, 3.63) is 66.1 Å². The van der Waals surface area contributed by atoms with Crippen molar-refractivity contribution in [2.75, 3.05) is 20.2 Å². The molecule has 7 nitrogen and oxygen atoms in total. The molecular formula is C20H18N4O3. The predicted molar refractivity (Wildman–Crippen MR) is 99.2 cm³/mol. The van der Waals surface area contributed by atoms with E-state index in [1.54, 1.807) is 37.7 Å². The molecule has 0 bridgehead atoms. The molecule has 0 spiro atoms. The zero-order valence-electron chi connectivity index (χ0n) is 14.8. The smallest absolute Gasteiger partial charge is 0.291 e. The first-order valence-electron chi connectivity index (χ1n) is 8.66. The topological polar surface area (TPSA) is 75.6 Å². The van der Waals surface area contributed by atoms with Gasteiger partial charge in [0.15, 0.2) is 0 Å². The van der Waals surface area contributed by atoms with Gasteiger partial charge in [-0.05, 0) is 30.7 Å². The summed E-state index contributed by atoms with van der Waals surface area (Å²) in [6.45, 7) is 0.949. The summed E-state index contributed by atoms with van der Waals surface area (Å²) in [6.07, 6.45) is 3.84. The van der Waals surface area contributed by atoms with E-state index in [1.807, 2.05) is 24.3 Å². The molecule has 0 aliphatic carbocycles. The van der Waals surface area contributed by atoms with Gasteiger partial charge in [0.2, 0.25) is 0 Å². The number of fused-ring (bicyclic) bond motifs is 1. The van der Waals surface area contributed by atoms with E-state index in [-0.39, 0.29) is 17.5 Å². The highest BCUT2D eigenvalue weighted by Gasteiger charge is 2.33. The molecular weight excluding hydrogens is 344 g/mol. The van der Waals surface area contributed by atoms with Crippen LogP contribution in [0.5, 0.6) is 5.75 Å². The number of ether oxygens (including phenoxy) is 1. The summed E-state index contributed by atoms with van der Waals surface area (Å²) in [5.74, 6) is 0.0325. The van der Waals surface area contributed by atoms with Crippen LogP contribution in [-0.4, -0.2) is 52.0 Å². The Labute approximate surface area is 156 Å². The van der Waals surface area contributed by atoms with Gasteiger partial charge < -0.3 is 4.74 Å². The molecule has 1 saturated heterocycles. The van der Waals surface area contributed by atoms with Crippen LogP contribution in [0.25, 0.3) is 10.9 Å². The molecule has 0 N–H and O–H groups in total. The van der Waals surface area contributed by atoms with Crippen molar-refractivity contribution < 1.29 is 14.3 Å². The standard InChI is InChI=1S/C20H18N4O3/c1-27-18-13-17(22-16-6-3-2-5-15(16)18)20(26)24-12-4-11-23(24)19(25)14-7-9-21-10-8-14/h2-3,5-10,13H,4,11-12H2,1H3. The van der Waals surface area contributed by atoms with Crippen LogP contribution in [0, 0.1) is 0 Å². The van der Waals surface area contributed by atoms with E-state index in [0.29, 0.717) is 36.3 Å². The lowest BCUT2D eigenvalue weighted by Gasteiger charge is -2.27. The van der Waals surface area contributed by atoms with E-state index in [2.05, 4.69) is 9.97 Å². The molecule has 27 heavy (non-hydrogen) atoms. The number of carbonyl (C=O) groups is 2. The minimum Gasteiger partial charge on any atom is -0.496 e. The van der Waals surface area contributed by atoms with Crippen molar-refractivity contribution in [3.63, 3.8) is 0 Å². The Kier molecular flexibility index (Phi) is 4.42. The van der Waals surface area contributed by atoms with Gasteiger partial charge >= 0.3 is 0 Å². The second-order valence-corrected chi connectivity index (χ2v) is 6.17. The Morgan fingerprint density at radius 2 is 1.70 bits per heavy atom. The second-order valence-electron chi connectivity index (χ2n) is 6.17. The maximum atomic E-state index is 13.1. The van der Waals surface area contributed by atoms with Crippen LogP contribution in [0.4, 0.5) is 0 Å². The van der Waals surface area contributed by atoms with Gasteiger partial charge in [0.1, 0.15) is 11.4 Å². The van der Waals surface area contributed by atoms with E-state index in [9.17, 15) is 9.59 Å². The average molecular weight is 362 g/mol. The summed E-state index contributed by atoms with van der Waals surface area (Å²) in [5, 5.41) is 3.77. The molecule has 1 fully saturated rings. The highest BCUT2D eigenvalue weighted by Crippen LogP contribution is 2.26. The summed E-state index contributed by atoms with van der Waals surface area (Å²) in [4.78, 5) is 34.3. The zero-order chi connectivity index (χ0) is 18.8. The van der Waals surface area contributed by atoms with Gasteiger partial charge in [0.25, 0.3) is 11.8 Å². The number of nitrogens with zero attached hydrogens (tertiary/aromatic N) is 4. The van der Waals surface area contributed by atoms with Crippen molar-refractivity contribution in [3.8, 4) is 5.75 Å². The van der Waals surface area contributed by atoms with Gasteiger partial charge in [-0.25, -0.2) is 15.0 Å². The maximum Gasteiger partial charge on any atom is 0.291 e. The number of para-hydroxylation sites is 1. The third kappa shape index (κ3) is 3.08. The molecule has 2 aromatic heterocycles. The van der Waals surface area contributed by atoms with Gasteiger partial charge in [0.05, 0.1) is 12.6 Å². The molecule has 2 amide bonds. The average Bonchev–Trinajstić information content (AvgIpc) is 3.22. The third-order valence-electron chi connectivity index (χ3n) is 4.54. The second kappa shape index (κ2) is 7.03. The van der Waals surface area contributed by atoms with E-state index in [1.165, 1.54) is 10.0 Å². The molecule has 3 aromatic rings. The minimum atomic E-state index is -0.320. The fraction of sp³-hybridized carbons (Fsp3) is 0.200. The minimum absolute atomic E-state index is 0.226. The number of aromatic nitrogens is 2. The van der Waals surface area contributed by atoms with Crippen molar-refractivity contribution in [1.82, 2.24) is 20.0 Å². The largest absolute Gasteiger partial charge is 0.496 e. The number of rotatable bonds is 3. The van der Waals surface area contributed by atoms with Crippen LogP contribution >= 0.6 is 0 Å². The van der Waals surface area contributed by atoms with Crippen molar-refractivity contribution in [1.29, 1.82) is 0 Å². The number of hydrogen-bond donors (Lipinski definition) is 0. The summed E-state index contributed by atoms with van der Waals surface area (Å²) in [5.41, 5.74) is 1.42. The molecule has 7 heteroatoms. The third-order valence-corrected chi connectivity index (χ3v) is 4.54. The lowest BCUT2D eigenvalue weighted by atomic mass is 10.1. The SMILES string of the molecule is COc1cc(C(=O)N2CCCN2C(=O)c2ccncc2)nc2ccccc12. The summed E-state index contributed by atoms with van der Waals surface area (Å²) in [6, 6.07) is 12.4. The number of pyridine rings is 2. The Balaban J connectivity index is 1.67. The van der Waals surface area contributed by atoms with Gasteiger partial charge in [0, 0.05) is 42.5 Å². The fourth-order valence-electron chi connectivity index (χ4n) is 3.23. The quantitative estimate of drug-likeness (QED) is 0.716. The predicted octanol–water partition coefficient (Wildman–Crippen LogP) is 2.54. The van der Waals surface area contributed by atoms with Crippen LogP contribution < -0.4 is 4.74 Å². The number of hydrazine groups is 1. The van der Waals surface area contributed by atoms with Crippen molar-refractivity contribution in [2.45, 2.75) is 6.42 Å². The number of amides is 2. The summed E-state index contributed by atoms with van der Waals surface area (Å²) < 4.78 is 5.43. The van der Waals surface area contributed by atoms with Crippen LogP contribution in [0.1, 0.15) is 27.3 Å². The first-order chi connectivity index (χ1) is 13.2. The van der Waals surface area contributed by atoms with Crippen LogP contribution in [-0.2, 0) is 0 Å². The molecule has 0 saturated carbocycles. The van der Waals surface area contributed by atoms with Crippen molar-refractivity contribution in [2.24, 2.45) is 0 Å². The molecule has 136 valence electrons. The number of carbonyl (C=O) groups excluding carboxylic acids is 2. The highest BCUT2D eigenvalue weighted by atomic mass is 16.5. The lowest BCUT2D eigenvalue weighted by molar-refractivity contribution is 0.0182. The number of hydrogen-bond acceptors (Lipinski definition) is 5.